The number of piperazine rings is 1. The van der Waals surface area contributed by atoms with E-state index in [-0.39, 0.29) is 17.7 Å². The number of nitrogens with zero attached hydrogens (tertiary/aromatic N) is 3. The van der Waals surface area contributed by atoms with Gasteiger partial charge in [-0.25, -0.2) is 0 Å². The number of amides is 2. The SMILES string of the molecule is O=C(C1CC1c1ccccc1)N1CCC(C(=O)N2CCN(c3ccccc3)CC2)(c2ccccc2)CC1. The third-order valence-electron chi connectivity index (χ3n) is 8.69. The highest BCUT2D eigenvalue weighted by Gasteiger charge is 2.50. The van der Waals surface area contributed by atoms with Crippen LogP contribution in [-0.4, -0.2) is 60.9 Å². The highest BCUT2D eigenvalue weighted by molar-refractivity contribution is 5.89. The first kappa shape index (κ1) is 23.8. The number of piperidine rings is 1. The number of hydrogen-bond donors (Lipinski definition) is 0. The van der Waals surface area contributed by atoms with Crippen molar-refractivity contribution in [3.8, 4) is 0 Å². The summed E-state index contributed by atoms with van der Waals surface area (Å²) in [6.45, 7) is 4.42. The van der Waals surface area contributed by atoms with Gasteiger partial charge in [-0.15, -0.1) is 0 Å². The van der Waals surface area contributed by atoms with Crippen molar-refractivity contribution in [1.82, 2.24) is 9.80 Å². The average Bonchev–Trinajstić information content (AvgIpc) is 3.79. The monoisotopic (exact) mass is 493 g/mol. The van der Waals surface area contributed by atoms with Crippen LogP contribution in [-0.2, 0) is 15.0 Å². The van der Waals surface area contributed by atoms with E-state index in [9.17, 15) is 9.59 Å². The second kappa shape index (κ2) is 10.0. The lowest BCUT2D eigenvalue weighted by molar-refractivity contribution is -0.143. The molecule has 3 aromatic rings. The Balaban J connectivity index is 1.14. The first-order valence-electron chi connectivity index (χ1n) is 13.6. The van der Waals surface area contributed by atoms with Crippen molar-refractivity contribution >= 4 is 17.5 Å². The van der Waals surface area contributed by atoms with Crippen molar-refractivity contribution in [2.45, 2.75) is 30.6 Å². The third-order valence-corrected chi connectivity index (χ3v) is 8.69. The fourth-order valence-electron chi connectivity index (χ4n) is 6.37. The van der Waals surface area contributed by atoms with Gasteiger partial charge in [-0.05, 0) is 48.4 Å². The van der Waals surface area contributed by atoms with Crippen LogP contribution in [0.4, 0.5) is 5.69 Å². The second-order valence-electron chi connectivity index (χ2n) is 10.7. The number of benzene rings is 3. The lowest BCUT2D eigenvalue weighted by atomic mass is 9.71. The molecule has 1 saturated carbocycles. The van der Waals surface area contributed by atoms with Crippen molar-refractivity contribution in [1.29, 1.82) is 0 Å². The van der Waals surface area contributed by atoms with Gasteiger partial charge in [0.05, 0.1) is 5.41 Å². The predicted molar refractivity (Wildman–Crippen MR) is 146 cm³/mol. The molecule has 0 radical (unpaired) electrons. The summed E-state index contributed by atoms with van der Waals surface area (Å²) in [5.41, 5.74) is 3.01. The number of anilines is 1. The molecular weight excluding hydrogens is 458 g/mol. The van der Waals surface area contributed by atoms with Crippen LogP contribution >= 0.6 is 0 Å². The Labute approximate surface area is 219 Å². The summed E-state index contributed by atoms with van der Waals surface area (Å²) in [6, 6.07) is 31.1. The van der Waals surface area contributed by atoms with Crippen LogP contribution in [0, 0.1) is 5.92 Å². The molecule has 0 aromatic heterocycles. The van der Waals surface area contributed by atoms with Gasteiger partial charge in [0.15, 0.2) is 0 Å². The van der Waals surface area contributed by atoms with E-state index >= 15 is 0 Å². The molecule has 0 bridgehead atoms. The first-order valence-corrected chi connectivity index (χ1v) is 13.6. The number of carbonyl (C=O) groups is 2. The van der Waals surface area contributed by atoms with E-state index < -0.39 is 5.41 Å². The van der Waals surface area contributed by atoms with Crippen LogP contribution in [0.15, 0.2) is 91.0 Å². The Kier molecular flexibility index (Phi) is 6.45. The summed E-state index contributed by atoms with van der Waals surface area (Å²) >= 11 is 0. The van der Waals surface area contributed by atoms with E-state index in [1.807, 2.05) is 35.2 Å². The molecule has 2 atom stereocenters. The molecular formula is C32H35N3O2. The smallest absolute Gasteiger partial charge is 0.233 e. The van der Waals surface area contributed by atoms with Crippen molar-refractivity contribution < 1.29 is 9.59 Å². The maximum absolute atomic E-state index is 14.2. The first-order chi connectivity index (χ1) is 18.2. The fourth-order valence-corrected chi connectivity index (χ4v) is 6.37. The number of hydrogen-bond acceptors (Lipinski definition) is 3. The number of para-hydroxylation sites is 1. The van der Waals surface area contributed by atoms with Crippen molar-refractivity contribution in [2.24, 2.45) is 5.92 Å². The molecule has 37 heavy (non-hydrogen) atoms. The Bertz CT molecular complexity index is 1210. The van der Waals surface area contributed by atoms with Gasteiger partial charge in [0.1, 0.15) is 0 Å². The van der Waals surface area contributed by atoms with Crippen LogP contribution in [0.5, 0.6) is 0 Å². The summed E-state index contributed by atoms with van der Waals surface area (Å²) in [7, 11) is 0. The molecule has 2 heterocycles. The quantitative estimate of drug-likeness (QED) is 0.518. The van der Waals surface area contributed by atoms with Crippen molar-refractivity contribution in [3.05, 3.63) is 102 Å². The van der Waals surface area contributed by atoms with Gasteiger partial charge < -0.3 is 14.7 Å². The molecule has 2 unspecified atom stereocenters. The minimum atomic E-state index is -0.560. The van der Waals surface area contributed by atoms with E-state index in [2.05, 4.69) is 70.5 Å². The van der Waals surface area contributed by atoms with Gasteiger partial charge in [-0.3, -0.25) is 9.59 Å². The Morgan fingerprint density at radius 2 is 1.22 bits per heavy atom. The van der Waals surface area contributed by atoms with E-state index in [0.29, 0.717) is 31.8 Å². The zero-order valence-corrected chi connectivity index (χ0v) is 21.3. The van der Waals surface area contributed by atoms with Gasteiger partial charge in [-0.1, -0.05) is 78.9 Å². The molecule has 3 aliphatic rings. The largest absolute Gasteiger partial charge is 0.368 e. The molecule has 0 N–H and O–H groups in total. The molecule has 2 amide bonds. The highest BCUT2D eigenvalue weighted by atomic mass is 16.2. The molecule has 190 valence electrons. The van der Waals surface area contributed by atoms with E-state index in [1.54, 1.807) is 0 Å². The highest BCUT2D eigenvalue weighted by Crippen LogP contribution is 2.49. The lowest BCUT2D eigenvalue weighted by Crippen LogP contribution is -2.58. The Morgan fingerprint density at radius 3 is 1.84 bits per heavy atom. The van der Waals surface area contributed by atoms with Gasteiger partial charge in [0.25, 0.3) is 0 Å². The third kappa shape index (κ3) is 4.63. The van der Waals surface area contributed by atoms with Gasteiger partial charge in [0.2, 0.25) is 11.8 Å². The Morgan fingerprint density at radius 1 is 0.649 bits per heavy atom. The maximum Gasteiger partial charge on any atom is 0.233 e. The van der Waals surface area contributed by atoms with Crippen LogP contribution in [0.3, 0.4) is 0 Å². The molecule has 6 rings (SSSR count). The summed E-state index contributed by atoms with van der Waals surface area (Å²) in [4.78, 5) is 34.0. The normalized spacial score (nSPS) is 23.0. The fraction of sp³-hybridized carbons (Fsp3) is 0.375. The molecule has 3 fully saturated rings. The molecule has 1 aliphatic carbocycles. The van der Waals surface area contributed by atoms with E-state index in [1.165, 1.54) is 11.3 Å². The van der Waals surface area contributed by atoms with E-state index in [0.717, 1.165) is 38.2 Å². The standard InChI is InChI=1S/C32H35N3O2/c36-30(29-24-28(29)25-10-4-1-5-11-25)34-18-16-32(17-19-34,26-12-6-2-7-13-26)31(37)35-22-20-33(21-23-35)27-14-8-3-9-15-27/h1-15,28-29H,16-24H2. The molecule has 5 nitrogen and oxygen atoms in total. The molecule has 3 aromatic carbocycles. The van der Waals surface area contributed by atoms with Crippen LogP contribution < -0.4 is 4.90 Å². The van der Waals surface area contributed by atoms with Crippen molar-refractivity contribution in [3.63, 3.8) is 0 Å². The topological polar surface area (TPSA) is 43.9 Å². The average molecular weight is 494 g/mol. The summed E-state index contributed by atoms with van der Waals surface area (Å²) in [6.07, 6.45) is 2.31. The number of rotatable bonds is 5. The zero-order chi connectivity index (χ0) is 25.2. The minimum absolute atomic E-state index is 0.0911. The zero-order valence-electron chi connectivity index (χ0n) is 21.3. The Hall–Kier alpha value is -3.60. The summed E-state index contributed by atoms with van der Waals surface area (Å²) in [5, 5.41) is 0. The van der Waals surface area contributed by atoms with Crippen LogP contribution in [0.2, 0.25) is 0 Å². The molecule has 0 spiro atoms. The van der Waals surface area contributed by atoms with Crippen LogP contribution in [0.25, 0.3) is 0 Å². The maximum atomic E-state index is 14.2. The molecule has 5 heteroatoms. The summed E-state index contributed by atoms with van der Waals surface area (Å²) < 4.78 is 0. The predicted octanol–water partition coefficient (Wildman–Crippen LogP) is 4.70. The number of likely N-dealkylation sites (tertiary alicyclic amines) is 1. The second-order valence-corrected chi connectivity index (χ2v) is 10.7. The lowest BCUT2D eigenvalue weighted by Gasteiger charge is -2.45. The minimum Gasteiger partial charge on any atom is -0.368 e. The van der Waals surface area contributed by atoms with E-state index in [4.69, 9.17) is 0 Å². The summed E-state index contributed by atoms with van der Waals surface area (Å²) in [5.74, 6) is 0.928. The van der Waals surface area contributed by atoms with Gasteiger partial charge in [0, 0.05) is 50.9 Å². The number of carbonyl (C=O) groups excluding carboxylic acids is 2. The molecule has 2 aliphatic heterocycles. The molecule has 2 saturated heterocycles. The van der Waals surface area contributed by atoms with Gasteiger partial charge >= 0.3 is 0 Å². The van der Waals surface area contributed by atoms with Gasteiger partial charge in [-0.2, -0.15) is 0 Å². The van der Waals surface area contributed by atoms with Crippen molar-refractivity contribution in [2.75, 3.05) is 44.2 Å². The van der Waals surface area contributed by atoms with Crippen LogP contribution in [0.1, 0.15) is 36.3 Å².